The molecule has 13 nitrogen and oxygen atoms in total. The number of rotatable bonds is 5. The quantitative estimate of drug-likeness (QED) is 0.349. The molecule has 2 unspecified atom stereocenters. The molecule has 1 N–H and O–H groups in total. The molecule has 3 saturated heterocycles. The fourth-order valence-electron chi connectivity index (χ4n) is 8.61. The number of cyclic esters (lactones) is 1. The summed E-state index contributed by atoms with van der Waals surface area (Å²) in [7, 11) is 5.35. The largest absolute Gasteiger partial charge is 0.458 e. The van der Waals surface area contributed by atoms with Crippen molar-refractivity contribution in [3.05, 3.63) is 18.3 Å². The van der Waals surface area contributed by atoms with Crippen LogP contribution in [-0.2, 0) is 33.3 Å². The molecule has 0 spiro atoms. The number of hydrogen-bond donors (Lipinski definition) is 1. The van der Waals surface area contributed by atoms with Crippen LogP contribution in [0.5, 0.6) is 0 Å². The molecule has 3 fully saturated rings. The number of hydrogen-bond acceptors (Lipinski definition) is 12. The molecular formula is C36H54N4O9. The summed E-state index contributed by atoms with van der Waals surface area (Å²) in [5.74, 6) is -3.47. The number of likely N-dealkylation sites (N-methyl/N-ethyl adjacent to an activating group) is 1. The van der Waals surface area contributed by atoms with Crippen molar-refractivity contribution in [3.63, 3.8) is 0 Å². The van der Waals surface area contributed by atoms with Crippen LogP contribution in [0.3, 0.4) is 0 Å². The van der Waals surface area contributed by atoms with Crippen molar-refractivity contribution in [3.8, 4) is 0 Å². The van der Waals surface area contributed by atoms with E-state index in [1.165, 1.54) is 11.8 Å². The second-order valence-corrected chi connectivity index (χ2v) is 15.0. The summed E-state index contributed by atoms with van der Waals surface area (Å²) in [5.41, 5.74) is -1.14. The first-order valence-corrected chi connectivity index (χ1v) is 17.5. The Morgan fingerprint density at radius 3 is 2.43 bits per heavy atom. The Hall–Kier alpha value is -2.97. The van der Waals surface area contributed by atoms with Gasteiger partial charge in [-0.2, -0.15) is 0 Å². The van der Waals surface area contributed by atoms with Gasteiger partial charge in [-0.05, 0) is 79.1 Å². The van der Waals surface area contributed by atoms with Gasteiger partial charge in [0, 0.05) is 36.9 Å². The van der Waals surface area contributed by atoms with Gasteiger partial charge in [0.25, 0.3) is 0 Å². The zero-order valence-electron chi connectivity index (χ0n) is 30.7. The lowest BCUT2D eigenvalue weighted by molar-refractivity contribution is -0.295. The number of aliphatic hydroxyl groups is 1. The molecule has 4 aliphatic heterocycles. The minimum absolute atomic E-state index is 0.221. The number of Topliss-reactive ketones (excluding diaryl/α,β-unsaturated/α-hetero) is 1. The zero-order chi connectivity index (χ0) is 36.2. The van der Waals surface area contributed by atoms with E-state index >= 15 is 0 Å². The Labute approximate surface area is 289 Å². The monoisotopic (exact) mass is 686 g/mol. The first-order valence-electron chi connectivity index (χ1n) is 17.5. The van der Waals surface area contributed by atoms with E-state index in [-0.39, 0.29) is 24.0 Å². The Bertz CT molecular complexity index is 1450. The van der Waals surface area contributed by atoms with Crippen molar-refractivity contribution in [2.75, 3.05) is 26.1 Å². The summed E-state index contributed by atoms with van der Waals surface area (Å²) in [6.07, 6.45) is -1.84. The SMILES string of the molecule is CC[C@@H]1OC(=O)C(C)C(=O)[C@H](C)[C@@H](O[C@@H]2O[C@H](C)C[C@H](N(C)C)[C@H]2O)[C@@](C)(OC)C[C@@H](C)C2=Nc3cccnc3N3C(=O)O[C@@]1(C)[C@H]3C2C. The fourth-order valence-corrected chi connectivity index (χ4v) is 8.61. The number of ketones is 1. The number of fused-ring (bicyclic) bond motifs is 3. The van der Waals surface area contributed by atoms with Gasteiger partial charge in [0.05, 0.1) is 23.9 Å². The minimum Gasteiger partial charge on any atom is -0.458 e. The smallest absolute Gasteiger partial charge is 0.416 e. The minimum atomic E-state index is -1.29. The summed E-state index contributed by atoms with van der Waals surface area (Å²) in [6.45, 7) is 14.7. The number of methoxy groups -OCH3 is 1. The van der Waals surface area contributed by atoms with Crippen LogP contribution in [0.1, 0.15) is 74.7 Å². The molecule has 2 bridgehead atoms. The Balaban J connectivity index is 1.66. The summed E-state index contributed by atoms with van der Waals surface area (Å²) < 4.78 is 31.4. The van der Waals surface area contributed by atoms with Crippen LogP contribution in [0.4, 0.5) is 16.3 Å². The van der Waals surface area contributed by atoms with Gasteiger partial charge in [-0.15, -0.1) is 0 Å². The lowest BCUT2D eigenvalue weighted by Gasteiger charge is -2.47. The van der Waals surface area contributed by atoms with Gasteiger partial charge < -0.3 is 33.7 Å². The normalized spacial score (nSPS) is 41.7. The Kier molecular flexibility index (Phi) is 10.6. The second kappa shape index (κ2) is 14.0. The van der Waals surface area contributed by atoms with Gasteiger partial charge in [0.2, 0.25) is 0 Å². The number of pyridine rings is 1. The van der Waals surface area contributed by atoms with Crippen LogP contribution >= 0.6 is 0 Å². The summed E-state index contributed by atoms with van der Waals surface area (Å²) in [5, 5.41) is 11.4. The second-order valence-electron chi connectivity index (χ2n) is 15.0. The summed E-state index contributed by atoms with van der Waals surface area (Å²) in [6, 6.07) is 2.70. The third-order valence-electron chi connectivity index (χ3n) is 11.3. The highest BCUT2D eigenvalue weighted by molar-refractivity contribution is 6.02. The van der Waals surface area contributed by atoms with Crippen molar-refractivity contribution in [2.24, 2.45) is 28.7 Å². The molecule has 5 heterocycles. The van der Waals surface area contributed by atoms with E-state index in [4.69, 9.17) is 28.7 Å². The third-order valence-corrected chi connectivity index (χ3v) is 11.3. The van der Waals surface area contributed by atoms with Crippen molar-refractivity contribution in [1.29, 1.82) is 0 Å². The fraction of sp³-hybridized carbons (Fsp3) is 0.750. The Morgan fingerprint density at radius 1 is 1.10 bits per heavy atom. The molecule has 49 heavy (non-hydrogen) atoms. The van der Waals surface area contributed by atoms with Gasteiger partial charge in [-0.25, -0.2) is 9.78 Å². The standard InChI is InChI=1S/C36H54N4O9/c1-12-25-36(8)29-20(4)26(38-23-14-13-15-37-31(23)40(29)34(44)49-36)18(2)17-35(7,45-11)30(21(5)27(41)22(6)32(43)47-25)48-33-28(42)24(39(9)10)16-19(3)46-33/h13-15,18-22,24-25,28-30,33,42H,12,16-17H2,1-11H3/t18-,19-,20?,21+,22?,24+,25+,28-,29-,30-,33+,35+,36-/m1/s1. The van der Waals surface area contributed by atoms with Crippen molar-refractivity contribution in [2.45, 2.75) is 129 Å². The highest BCUT2D eigenvalue weighted by Gasteiger charge is 2.62. The van der Waals surface area contributed by atoms with E-state index in [0.717, 1.165) is 5.71 Å². The number of esters is 1. The van der Waals surface area contributed by atoms with Crippen LogP contribution < -0.4 is 4.90 Å². The third kappa shape index (κ3) is 6.53. The van der Waals surface area contributed by atoms with Gasteiger partial charge >= 0.3 is 12.1 Å². The number of ether oxygens (including phenoxy) is 5. The number of nitrogens with zero attached hydrogens (tertiary/aromatic N) is 4. The topological polar surface area (TPSA) is 149 Å². The predicted octanol–water partition coefficient (Wildman–Crippen LogP) is 4.31. The summed E-state index contributed by atoms with van der Waals surface area (Å²) in [4.78, 5) is 55.0. The van der Waals surface area contributed by atoms with E-state index in [0.29, 0.717) is 30.8 Å². The molecule has 4 aliphatic rings. The van der Waals surface area contributed by atoms with Crippen LogP contribution in [0.25, 0.3) is 0 Å². The first-order chi connectivity index (χ1) is 23.0. The highest BCUT2D eigenvalue weighted by atomic mass is 16.7. The average Bonchev–Trinajstić information content (AvgIpc) is 3.25. The maximum atomic E-state index is 14.2. The number of aliphatic imine (C=N–C) groups is 1. The molecule has 1 aromatic heterocycles. The predicted molar refractivity (Wildman–Crippen MR) is 182 cm³/mol. The van der Waals surface area contributed by atoms with Crippen molar-refractivity contribution < 1.29 is 43.2 Å². The molecule has 13 atom stereocenters. The van der Waals surface area contributed by atoms with E-state index < -0.39 is 71.5 Å². The molecule has 0 aliphatic carbocycles. The van der Waals surface area contributed by atoms with Crippen molar-refractivity contribution in [1.82, 2.24) is 9.88 Å². The van der Waals surface area contributed by atoms with Crippen LogP contribution in [0.15, 0.2) is 23.3 Å². The number of aliphatic hydroxyl groups excluding tert-OH is 1. The highest BCUT2D eigenvalue weighted by Crippen LogP contribution is 2.48. The molecule has 0 radical (unpaired) electrons. The van der Waals surface area contributed by atoms with E-state index in [9.17, 15) is 19.5 Å². The summed E-state index contributed by atoms with van der Waals surface area (Å²) >= 11 is 0. The molecule has 0 aromatic carbocycles. The molecule has 5 rings (SSSR count). The molecular weight excluding hydrogens is 632 g/mol. The van der Waals surface area contributed by atoms with Gasteiger partial charge in [-0.1, -0.05) is 27.7 Å². The number of carbonyl (C=O) groups excluding carboxylic acids is 3. The lowest BCUT2D eigenvalue weighted by Crippen LogP contribution is -2.60. The molecule has 0 saturated carbocycles. The number of aromatic nitrogens is 1. The van der Waals surface area contributed by atoms with Crippen LogP contribution in [-0.4, -0.2) is 114 Å². The molecule has 1 aromatic rings. The van der Waals surface area contributed by atoms with Crippen LogP contribution in [0, 0.1) is 23.7 Å². The molecule has 272 valence electrons. The van der Waals surface area contributed by atoms with Crippen LogP contribution in [0.2, 0.25) is 0 Å². The van der Waals surface area contributed by atoms with E-state index in [2.05, 4.69) is 4.98 Å². The van der Waals surface area contributed by atoms with E-state index in [1.807, 2.05) is 59.7 Å². The molecule has 13 heteroatoms. The van der Waals surface area contributed by atoms with Gasteiger partial charge in [0.15, 0.2) is 23.5 Å². The van der Waals surface area contributed by atoms with Gasteiger partial charge in [0.1, 0.15) is 23.8 Å². The number of amides is 1. The first kappa shape index (κ1) is 37.3. The maximum absolute atomic E-state index is 14.2. The number of anilines is 1. The van der Waals surface area contributed by atoms with E-state index in [1.54, 1.807) is 33.2 Å². The van der Waals surface area contributed by atoms with Crippen molar-refractivity contribution >= 4 is 35.1 Å². The Morgan fingerprint density at radius 2 is 1.80 bits per heavy atom. The average molecular weight is 687 g/mol. The molecule has 1 amide bonds. The van der Waals surface area contributed by atoms with Gasteiger partial charge in [-0.3, -0.25) is 19.5 Å². The number of carbonyl (C=O) groups is 3. The zero-order valence-corrected chi connectivity index (χ0v) is 30.7. The lowest BCUT2D eigenvalue weighted by atomic mass is 9.73. The maximum Gasteiger partial charge on any atom is 0.416 e.